The van der Waals surface area contributed by atoms with Crippen LogP contribution in [0.4, 0.5) is 4.39 Å². The molecular formula is C14H17BrFNO2. The van der Waals surface area contributed by atoms with Gasteiger partial charge < -0.3 is 10.4 Å². The second kappa shape index (κ2) is 6.48. The summed E-state index contributed by atoms with van der Waals surface area (Å²) in [5, 5.41) is 12.3. The lowest BCUT2D eigenvalue weighted by molar-refractivity contribution is -0.142. The fraction of sp³-hybridized carbons (Fsp3) is 0.500. The van der Waals surface area contributed by atoms with E-state index in [1.54, 1.807) is 12.1 Å². The van der Waals surface area contributed by atoms with Crippen LogP contribution >= 0.6 is 15.9 Å². The number of carboxylic acid groups (broad SMARTS) is 1. The molecule has 1 aromatic carbocycles. The highest BCUT2D eigenvalue weighted by Crippen LogP contribution is 2.25. The molecule has 19 heavy (non-hydrogen) atoms. The summed E-state index contributed by atoms with van der Waals surface area (Å²) in [7, 11) is 0. The van der Waals surface area contributed by atoms with E-state index in [0.717, 1.165) is 31.2 Å². The Morgan fingerprint density at radius 1 is 1.37 bits per heavy atom. The number of aliphatic carboxylic acids is 1. The van der Waals surface area contributed by atoms with Crippen molar-refractivity contribution in [2.75, 3.05) is 0 Å². The lowest BCUT2D eigenvalue weighted by Gasteiger charge is -2.27. The molecule has 0 bridgehead atoms. The molecule has 2 rings (SSSR count). The molecule has 1 aliphatic carbocycles. The Bertz CT molecular complexity index is 459. The molecule has 0 aromatic heterocycles. The van der Waals surface area contributed by atoms with Crippen molar-refractivity contribution in [2.24, 2.45) is 5.92 Å². The van der Waals surface area contributed by atoms with Crippen molar-refractivity contribution in [3.05, 3.63) is 34.1 Å². The van der Waals surface area contributed by atoms with Gasteiger partial charge in [-0.2, -0.15) is 0 Å². The third kappa shape index (κ3) is 4.01. The molecule has 0 saturated heterocycles. The van der Waals surface area contributed by atoms with Gasteiger partial charge in [-0.25, -0.2) is 4.39 Å². The van der Waals surface area contributed by atoms with Crippen molar-refractivity contribution >= 4 is 21.9 Å². The lowest BCUT2D eigenvalue weighted by Crippen LogP contribution is -2.34. The van der Waals surface area contributed by atoms with Gasteiger partial charge in [0.15, 0.2) is 0 Å². The van der Waals surface area contributed by atoms with Gasteiger partial charge in [-0.3, -0.25) is 4.79 Å². The van der Waals surface area contributed by atoms with E-state index < -0.39 is 5.97 Å². The molecule has 1 aliphatic rings. The number of carboxylic acids is 1. The number of nitrogens with one attached hydrogen (secondary N) is 1. The zero-order valence-electron chi connectivity index (χ0n) is 10.5. The van der Waals surface area contributed by atoms with Crippen LogP contribution in [0.15, 0.2) is 22.7 Å². The van der Waals surface area contributed by atoms with Gasteiger partial charge in [0.1, 0.15) is 5.82 Å². The van der Waals surface area contributed by atoms with Crippen LogP contribution in [0.5, 0.6) is 0 Å². The average molecular weight is 330 g/mol. The summed E-state index contributed by atoms with van der Waals surface area (Å²) >= 11 is 3.17. The minimum atomic E-state index is -0.680. The normalized spacial score (nSPS) is 23.3. The first kappa shape index (κ1) is 14.5. The monoisotopic (exact) mass is 329 g/mol. The zero-order chi connectivity index (χ0) is 13.8. The summed E-state index contributed by atoms with van der Waals surface area (Å²) in [6, 6.07) is 5.34. The van der Waals surface area contributed by atoms with Crippen molar-refractivity contribution in [3.63, 3.8) is 0 Å². The van der Waals surface area contributed by atoms with Gasteiger partial charge in [-0.05, 0) is 59.3 Å². The predicted octanol–water partition coefficient (Wildman–Crippen LogP) is 3.32. The molecule has 3 nitrogen and oxygen atoms in total. The van der Waals surface area contributed by atoms with E-state index in [1.165, 1.54) is 6.07 Å². The number of carbonyl (C=O) groups is 1. The van der Waals surface area contributed by atoms with Crippen molar-refractivity contribution < 1.29 is 14.3 Å². The number of rotatable bonds is 4. The first-order valence-corrected chi connectivity index (χ1v) is 7.25. The Balaban J connectivity index is 1.80. The Morgan fingerprint density at radius 3 is 2.63 bits per heavy atom. The number of hydrogen-bond acceptors (Lipinski definition) is 2. The van der Waals surface area contributed by atoms with E-state index in [1.807, 2.05) is 0 Å². The third-order valence-corrected chi connectivity index (χ3v) is 4.26. The zero-order valence-corrected chi connectivity index (χ0v) is 12.1. The molecule has 1 fully saturated rings. The summed E-state index contributed by atoms with van der Waals surface area (Å²) < 4.78 is 13.6. The number of halogens is 2. The van der Waals surface area contributed by atoms with E-state index in [2.05, 4.69) is 21.2 Å². The van der Waals surface area contributed by atoms with Crippen LogP contribution in [0.3, 0.4) is 0 Å². The van der Waals surface area contributed by atoms with Crippen LogP contribution < -0.4 is 5.32 Å². The fourth-order valence-corrected chi connectivity index (χ4v) is 2.88. The minimum Gasteiger partial charge on any atom is -0.481 e. The smallest absolute Gasteiger partial charge is 0.306 e. The van der Waals surface area contributed by atoms with Crippen molar-refractivity contribution in [2.45, 2.75) is 38.3 Å². The Hall–Kier alpha value is -0.940. The van der Waals surface area contributed by atoms with Crippen molar-refractivity contribution in [1.29, 1.82) is 0 Å². The lowest BCUT2D eigenvalue weighted by atomic mass is 9.86. The van der Waals surface area contributed by atoms with Gasteiger partial charge in [0.05, 0.1) is 10.4 Å². The standard InChI is InChI=1S/C14H17BrFNO2/c15-12-7-9(1-6-13(12)16)8-17-11-4-2-10(3-5-11)14(18)19/h1,6-7,10-11,17H,2-5,8H2,(H,18,19). The van der Waals surface area contributed by atoms with Crippen LogP contribution in [-0.4, -0.2) is 17.1 Å². The quantitative estimate of drug-likeness (QED) is 0.890. The molecule has 1 saturated carbocycles. The summed E-state index contributed by atoms with van der Waals surface area (Å²) in [5.41, 5.74) is 1.02. The maximum Gasteiger partial charge on any atom is 0.306 e. The van der Waals surface area contributed by atoms with Crippen LogP contribution in [0.1, 0.15) is 31.2 Å². The van der Waals surface area contributed by atoms with E-state index in [4.69, 9.17) is 5.11 Å². The van der Waals surface area contributed by atoms with Crippen LogP contribution in [0.2, 0.25) is 0 Å². The highest BCUT2D eigenvalue weighted by molar-refractivity contribution is 9.10. The molecule has 0 aliphatic heterocycles. The highest BCUT2D eigenvalue weighted by atomic mass is 79.9. The van der Waals surface area contributed by atoms with E-state index in [-0.39, 0.29) is 11.7 Å². The van der Waals surface area contributed by atoms with Crippen molar-refractivity contribution in [1.82, 2.24) is 5.32 Å². The molecule has 0 atom stereocenters. The molecule has 0 heterocycles. The van der Waals surface area contributed by atoms with Gasteiger partial charge in [-0.1, -0.05) is 6.07 Å². The summed E-state index contributed by atoms with van der Waals surface area (Å²) in [5.74, 6) is -1.12. The Labute approximate surface area is 120 Å². The van der Waals surface area contributed by atoms with E-state index >= 15 is 0 Å². The first-order chi connectivity index (χ1) is 9.06. The Morgan fingerprint density at radius 2 is 2.05 bits per heavy atom. The molecule has 0 radical (unpaired) electrons. The van der Waals surface area contributed by atoms with Gasteiger partial charge >= 0.3 is 5.97 Å². The molecular weight excluding hydrogens is 313 g/mol. The number of benzene rings is 1. The molecule has 0 amide bonds. The predicted molar refractivity (Wildman–Crippen MR) is 74.3 cm³/mol. The van der Waals surface area contributed by atoms with Gasteiger partial charge in [0.2, 0.25) is 0 Å². The fourth-order valence-electron chi connectivity index (χ4n) is 2.46. The van der Waals surface area contributed by atoms with E-state index in [9.17, 15) is 9.18 Å². The SMILES string of the molecule is O=C(O)C1CCC(NCc2ccc(F)c(Br)c2)CC1. The second-order valence-corrected chi connectivity index (χ2v) is 5.87. The van der Waals surface area contributed by atoms with Crippen LogP contribution in [-0.2, 0) is 11.3 Å². The molecule has 104 valence electrons. The molecule has 1 aromatic rings. The van der Waals surface area contributed by atoms with Gasteiger partial charge in [0, 0.05) is 12.6 Å². The topological polar surface area (TPSA) is 49.3 Å². The maximum atomic E-state index is 13.1. The molecule has 0 spiro atoms. The van der Waals surface area contributed by atoms with Crippen LogP contribution in [0.25, 0.3) is 0 Å². The summed E-state index contributed by atoms with van der Waals surface area (Å²) in [6.07, 6.45) is 3.25. The molecule has 0 unspecified atom stereocenters. The average Bonchev–Trinajstić information content (AvgIpc) is 2.40. The minimum absolute atomic E-state index is 0.182. The third-order valence-electron chi connectivity index (χ3n) is 3.66. The van der Waals surface area contributed by atoms with Gasteiger partial charge in [0.25, 0.3) is 0 Å². The maximum absolute atomic E-state index is 13.1. The molecule has 2 N–H and O–H groups in total. The Kier molecular flexibility index (Phi) is 4.93. The largest absolute Gasteiger partial charge is 0.481 e. The molecule has 5 heteroatoms. The highest BCUT2D eigenvalue weighted by Gasteiger charge is 2.25. The van der Waals surface area contributed by atoms with Gasteiger partial charge in [-0.15, -0.1) is 0 Å². The summed E-state index contributed by atoms with van der Waals surface area (Å²) in [6.45, 7) is 0.682. The first-order valence-electron chi connectivity index (χ1n) is 6.46. The van der Waals surface area contributed by atoms with Crippen molar-refractivity contribution in [3.8, 4) is 0 Å². The summed E-state index contributed by atoms with van der Waals surface area (Å²) in [4.78, 5) is 10.8. The van der Waals surface area contributed by atoms with Crippen LogP contribution in [0, 0.1) is 11.7 Å². The number of hydrogen-bond donors (Lipinski definition) is 2. The second-order valence-electron chi connectivity index (χ2n) is 5.02. The van der Waals surface area contributed by atoms with E-state index in [0.29, 0.717) is 17.1 Å².